The molecule has 1 amide bonds. The number of alkyl halides is 3. The Labute approximate surface area is 246 Å². The van der Waals surface area contributed by atoms with Crippen molar-refractivity contribution in [2.45, 2.75) is 31.9 Å². The highest BCUT2D eigenvalue weighted by atomic mass is 19.4. The molecule has 43 heavy (non-hydrogen) atoms. The maximum Gasteiger partial charge on any atom is 0.401 e. The largest absolute Gasteiger partial charge is 0.401 e. The van der Waals surface area contributed by atoms with Gasteiger partial charge in [-0.25, -0.2) is 4.98 Å². The number of amides is 1. The van der Waals surface area contributed by atoms with Crippen LogP contribution in [0.15, 0.2) is 59.7 Å². The van der Waals surface area contributed by atoms with Gasteiger partial charge in [-0.15, -0.1) is 0 Å². The molecule has 0 radical (unpaired) electrons. The summed E-state index contributed by atoms with van der Waals surface area (Å²) in [5, 5.41) is 3.38. The molecule has 12 heteroatoms. The second kappa shape index (κ2) is 11.8. The molecule has 3 heterocycles. The number of hydrogen-bond donors (Lipinski definition) is 2. The van der Waals surface area contributed by atoms with Crippen molar-refractivity contribution in [1.82, 2.24) is 24.3 Å². The molecule has 1 fully saturated rings. The van der Waals surface area contributed by atoms with Crippen LogP contribution >= 0.6 is 0 Å². The maximum absolute atomic E-state index is 13.0. The van der Waals surface area contributed by atoms with Crippen LogP contribution in [0.5, 0.6) is 0 Å². The number of carbonyl (C=O) groups is 1. The van der Waals surface area contributed by atoms with E-state index in [0.29, 0.717) is 31.8 Å². The lowest BCUT2D eigenvalue weighted by Gasteiger charge is -2.34. The molecule has 4 aromatic rings. The summed E-state index contributed by atoms with van der Waals surface area (Å²) in [5.41, 5.74) is 10.4. The normalized spacial score (nSPS) is 16.0. The third kappa shape index (κ3) is 6.55. The summed E-state index contributed by atoms with van der Waals surface area (Å²) in [7, 11) is 0. The van der Waals surface area contributed by atoms with E-state index in [1.807, 2.05) is 30.3 Å². The molecule has 2 aromatic carbocycles. The molecule has 0 saturated carbocycles. The lowest BCUT2D eigenvalue weighted by Crippen LogP contribution is -2.49. The predicted molar refractivity (Wildman–Crippen MR) is 158 cm³/mol. The standard InChI is InChI=1S/C31H32F3N7O2/c32-31(33,34)19-40-14-12-39(13-15-40)11-10-20-4-7-23(8-5-20)37-30-36-17-25-27(42)26(28(35)43)18-41(29(25)38-30)24-9-6-21-2-1-3-22(21)16-24/h4-9,16-18H,1-3,10-15,19H2,(H2,35,43)(H,36,37,38). The summed E-state index contributed by atoms with van der Waals surface area (Å²) in [6.07, 6.45) is 2.57. The van der Waals surface area contributed by atoms with Gasteiger partial charge in [-0.3, -0.25) is 14.5 Å². The van der Waals surface area contributed by atoms with Crippen LogP contribution in [-0.2, 0) is 19.3 Å². The highest BCUT2D eigenvalue weighted by Gasteiger charge is 2.32. The van der Waals surface area contributed by atoms with E-state index in [0.717, 1.165) is 49.2 Å². The molecular weight excluding hydrogens is 559 g/mol. The number of fused-ring (bicyclic) bond motifs is 2. The topological polar surface area (TPSA) is 109 Å². The summed E-state index contributed by atoms with van der Waals surface area (Å²) < 4.78 is 39.6. The molecule has 0 unspecified atom stereocenters. The van der Waals surface area contributed by atoms with Gasteiger partial charge in [0.05, 0.1) is 11.9 Å². The van der Waals surface area contributed by atoms with E-state index >= 15 is 0 Å². The number of pyridine rings is 1. The van der Waals surface area contributed by atoms with E-state index in [-0.39, 0.29) is 16.9 Å². The average Bonchev–Trinajstić information content (AvgIpc) is 3.45. The number of nitrogens with zero attached hydrogens (tertiary/aromatic N) is 5. The van der Waals surface area contributed by atoms with Crippen molar-refractivity contribution < 1.29 is 18.0 Å². The number of carbonyl (C=O) groups excluding carboxylic acids is 1. The lowest BCUT2D eigenvalue weighted by atomic mass is 10.1. The lowest BCUT2D eigenvalue weighted by molar-refractivity contribution is -0.149. The van der Waals surface area contributed by atoms with E-state index in [2.05, 4.69) is 32.3 Å². The van der Waals surface area contributed by atoms with Crippen LogP contribution in [0.3, 0.4) is 0 Å². The highest BCUT2D eigenvalue weighted by Crippen LogP contribution is 2.26. The van der Waals surface area contributed by atoms with Gasteiger partial charge in [0.1, 0.15) is 5.56 Å². The van der Waals surface area contributed by atoms with Crippen molar-refractivity contribution in [3.05, 3.63) is 87.3 Å². The van der Waals surface area contributed by atoms with Crippen LogP contribution in [0.2, 0.25) is 0 Å². The Morgan fingerprint density at radius 2 is 1.70 bits per heavy atom. The molecule has 0 atom stereocenters. The fourth-order valence-corrected chi connectivity index (χ4v) is 5.85. The zero-order valence-corrected chi connectivity index (χ0v) is 23.5. The van der Waals surface area contributed by atoms with Crippen LogP contribution < -0.4 is 16.5 Å². The average molecular weight is 592 g/mol. The van der Waals surface area contributed by atoms with Gasteiger partial charge in [0.25, 0.3) is 5.91 Å². The van der Waals surface area contributed by atoms with Gasteiger partial charge in [-0.1, -0.05) is 18.2 Å². The van der Waals surface area contributed by atoms with Crippen LogP contribution in [0, 0.1) is 0 Å². The van der Waals surface area contributed by atoms with Crippen molar-refractivity contribution in [2.75, 3.05) is 44.6 Å². The minimum absolute atomic E-state index is 0.129. The molecule has 224 valence electrons. The van der Waals surface area contributed by atoms with Crippen molar-refractivity contribution in [2.24, 2.45) is 5.73 Å². The minimum Gasteiger partial charge on any atom is -0.365 e. The van der Waals surface area contributed by atoms with Gasteiger partial charge >= 0.3 is 6.18 Å². The number of nitrogens with one attached hydrogen (secondary N) is 1. The summed E-state index contributed by atoms with van der Waals surface area (Å²) in [6.45, 7) is 1.99. The fraction of sp³-hybridized carbons (Fsp3) is 0.355. The summed E-state index contributed by atoms with van der Waals surface area (Å²) in [4.78, 5) is 37.7. The van der Waals surface area contributed by atoms with Gasteiger partial charge in [0.15, 0.2) is 5.65 Å². The molecule has 2 aromatic heterocycles. The van der Waals surface area contributed by atoms with Crippen molar-refractivity contribution >= 4 is 28.6 Å². The molecule has 0 bridgehead atoms. The Morgan fingerprint density at radius 3 is 2.42 bits per heavy atom. The molecule has 3 N–H and O–H groups in total. The third-order valence-electron chi connectivity index (χ3n) is 8.16. The van der Waals surface area contributed by atoms with Crippen molar-refractivity contribution in [3.8, 4) is 5.69 Å². The fourth-order valence-electron chi connectivity index (χ4n) is 5.85. The third-order valence-corrected chi connectivity index (χ3v) is 8.16. The van der Waals surface area contributed by atoms with E-state index < -0.39 is 24.1 Å². The van der Waals surface area contributed by atoms with Gasteiger partial charge in [-0.05, 0) is 66.6 Å². The zero-order valence-electron chi connectivity index (χ0n) is 23.5. The maximum atomic E-state index is 13.0. The monoisotopic (exact) mass is 591 g/mol. The molecule has 0 spiro atoms. The Hall–Kier alpha value is -4.29. The van der Waals surface area contributed by atoms with Crippen molar-refractivity contribution in [3.63, 3.8) is 0 Å². The first kappa shape index (κ1) is 28.8. The number of aromatic nitrogens is 3. The van der Waals surface area contributed by atoms with Crippen LogP contribution in [0.25, 0.3) is 16.7 Å². The summed E-state index contributed by atoms with van der Waals surface area (Å²) in [5.74, 6) is -0.522. The van der Waals surface area contributed by atoms with E-state index in [1.54, 1.807) is 4.57 Å². The smallest absolute Gasteiger partial charge is 0.365 e. The number of piperazine rings is 1. The van der Waals surface area contributed by atoms with Crippen LogP contribution in [0.4, 0.5) is 24.8 Å². The van der Waals surface area contributed by atoms with Crippen LogP contribution in [-0.4, -0.2) is 75.7 Å². The number of rotatable bonds is 8. The number of primary amides is 1. The van der Waals surface area contributed by atoms with Crippen molar-refractivity contribution in [1.29, 1.82) is 0 Å². The highest BCUT2D eigenvalue weighted by molar-refractivity contribution is 5.96. The second-order valence-electron chi connectivity index (χ2n) is 11.1. The number of benzene rings is 2. The molecule has 9 nitrogen and oxygen atoms in total. The van der Waals surface area contributed by atoms with Gasteiger partial charge < -0.3 is 20.5 Å². The zero-order chi connectivity index (χ0) is 30.1. The molecule has 2 aliphatic rings. The number of halogens is 3. The van der Waals surface area contributed by atoms with E-state index in [9.17, 15) is 22.8 Å². The molecule has 6 rings (SSSR count). The Balaban J connectivity index is 1.17. The Morgan fingerprint density at radius 1 is 0.977 bits per heavy atom. The van der Waals surface area contributed by atoms with Gasteiger partial charge in [-0.2, -0.15) is 18.2 Å². The Bertz CT molecular complexity index is 1710. The molecule has 1 aliphatic heterocycles. The minimum atomic E-state index is -4.16. The predicted octanol–water partition coefficient (Wildman–Crippen LogP) is 3.83. The summed E-state index contributed by atoms with van der Waals surface area (Å²) >= 11 is 0. The first-order valence-electron chi connectivity index (χ1n) is 14.3. The number of anilines is 2. The number of nitrogens with two attached hydrogens (primary N) is 1. The molecule has 1 saturated heterocycles. The molecular formula is C31H32F3N7O2. The number of hydrogen-bond acceptors (Lipinski definition) is 7. The first-order valence-corrected chi connectivity index (χ1v) is 14.3. The first-order chi connectivity index (χ1) is 20.6. The van der Waals surface area contributed by atoms with Gasteiger partial charge in [0, 0.05) is 56.5 Å². The number of aryl methyl sites for hydroxylation is 2. The molecule has 1 aliphatic carbocycles. The van der Waals surface area contributed by atoms with Gasteiger partial charge in [0.2, 0.25) is 11.4 Å². The Kier molecular flexibility index (Phi) is 7.89. The SMILES string of the molecule is NC(=O)c1cn(-c2ccc3c(c2)CCC3)c2nc(Nc3ccc(CCN4CCN(CC(F)(F)F)CC4)cc3)ncc2c1=O. The second-order valence-corrected chi connectivity index (χ2v) is 11.1. The van der Waals surface area contributed by atoms with E-state index in [4.69, 9.17) is 5.73 Å². The van der Waals surface area contributed by atoms with Crippen LogP contribution in [0.1, 0.15) is 33.5 Å². The quantitative estimate of drug-likeness (QED) is 0.321. The summed E-state index contributed by atoms with van der Waals surface area (Å²) in [6, 6.07) is 13.9. The van der Waals surface area contributed by atoms with E-state index in [1.165, 1.54) is 28.4 Å².